The Labute approximate surface area is 473 Å². The van der Waals surface area contributed by atoms with Crippen LogP contribution < -0.4 is 9.80 Å². The molecule has 0 radical (unpaired) electrons. The molecule has 0 aliphatic rings. The van der Waals surface area contributed by atoms with Gasteiger partial charge in [-0.3, -0.25) is 0 Å². The summed E-state index contributed by atoms with van der Waals surface area (Å²) in [7, 11) is 0. The fourth-order valence-electron chi connectivity index (χ4n) is 12.5. The number of fused-ring (bicyclic) bond motifs is 11. The molecule has 0 aliphatic heterocycles. The van der Waals surface area contributed by atoms with Crippen LogP contribution in [0.4, 0.5) is 34.1 Å². The van der Waals surface area contributed by atoms with E-state index < -0.39 is 0 Å². The van der Waals surface area contributed by atoms with Gasteiger partial charge in [0.2, 0.25) is 0 Å². The van der Waals surface area contributed by atoms with E-state index in [1.807, 2.05) is 11.3 Å². The number of hydrogen-bond donors (Lipinski definition) is 0. The van der Waals surface area contributed by atoms with Crippen molar-refractivity contribution in [1.29, 1.82) is 0 Å². The van der Waals surface area contributed by atoms with E-state index in [0.717, 1.165) is 67.7 Å². The van der Waals surface area contributed by atoms with Gasteiger partial charge in [-0.25, -0.2) is 0 Å². The smallest absolute Gasteiger partial charge is 0.0547 e. The fraction of sp³-hybridized carbons (Fsp3) is 0. The molecule has 0 unspecified atom stereocenters. The lowest BCUT2D eigenvalue weighted by atomic mass is 9.99. The van der Waals surface area contributed by atoms with E-state index in [-0.39, 0.29) is 0 Å². The van der Waals surface area contributed by atoms with Crippen LogP contribution in [0.3, 0.4) is 0 Å². The van der Waals surface area contributed by atoms with Crippen molar-refractivity contribution in [2.45, 2.75) is 0 Å². The van der Waals surface area contributed by atoms with Gasteiger partial charge in [-0.2, -0.15) is 0 Å². The average Bonchev–Trinajstić information content (AvgIpc) is 4.28. The fourth-order valence-corrected chi connectivity index (χ4v) is 13.7. The molecule has 0 bridgehead atoms. The summed E-state index contributed by atoms with van der Waals surface area (Å²) < 4.78 is 7.48. The molecule has 0 atom stereocenters. The third-order valence-corrected chi connectivity index (χ3v) is 17.4. The highest BCUT2D eigenvalue weighted by atomic mass is 32.1. The number of benzene rings is 13. The van der Waals surface area contributed by atoms with Crippen LogP contribution in [-0.2, 0) is 0 Å². The molecule has 380 valence electrons. The van der Waals surface area contributed by atoms with E-state index in [1.165, 1.54) is 74.6 Å². The van der Waals surface area contributed by atoms with Crippen molar-refractivity contribution < 1.29 is 0 Å². The lowest BCUT2D eigenvalue weighted by molar-refractivity contribution is 1.18. The van der Waals surface area contributed by atoms with Gasteiger partial charge in [0, 0.05) is 92.6 Å². The van der Waals surface area contributed by atoms with Crippen LogP contribution >= 0.6 is 11.3 Å². The minimum absolute atomic E-state index is 1.03. The van der Waals surface area contributed by atoms with E-state index >= 15 is 0 Å². The second-order valence-corrected chi connectivity index (χ2v) is 22.0. The van der Waals surface area contributed by atoms with Gasteiger partial charge in [-0.1, -0.05) is 170 Å². The number of nitrogens with zero attached hydrogens (tertiary/aromatic N) is 4. The molecular weight excluding hydrogens is 1000 g/mol. The zero-order valence-corrected chi connectivity index (χ0v) is 44.9. The summed E-state index contributed by atoms with van der Waals surface area (Å²) in [6.07, 6.45) is 0. The number of hydrogen-bond acceptors (Lipinski definition) is 3. The zero-order chi connectivity index (χ0) is 53.4. The van der Waals surface area contributed by atoms with E-state index in [1.54, 1.807) is 0 Å². The summed E-state index contributed by atoms with van der Waals surface area (Å²) in [5.41, 5.74) is 17.9. The Balaban J connectivity index is 0.945. The normalized spacial score (nSPS) is 11.7. The predicted molar refractivity (Wildman–Crippen MR) is 346 cm³/mol. The molecule has 81 heavy (non-hydrogen) atoms. The van der Waals surface area contributed by atoms with Crippen molar-refractivity contribution in [3.63, 3.8) is 0 Å². The largest absolute Gasteiger partial charge is 0.310 e. The van der Waals surface area contributed by atoms with Gasteiger partial charge >= 0.3 is 0 Å². The number of anilines is 6. The van der Waals surface area contributed by atoms with Gasteiger partial charge in [0.05, 0.1) is 22.1 Å². The van der Waals surface area contributed by atoms with Crippen LogP contribution in [0, 0.1) is 0 Å². The zero-order valence-electron chi connectivity index (χ0n) is 44.1. The monoisotopic (exact) mass is 1050 g/mol. The van der Waals surface area contributed by atoms with E-state index in [4.69, 9.17) is 0 Å². The SMILES string of the molecule is c1ccc(-c2ccc(N(c3ccccc3)c3cc(-c4ccc5c(c4)c4cc6ccc7c8ccccc8sc7c6cc4n5-c4ccccc4)cc(N(c4ccccc4)c4ccc5c(c4)c4ccccc4n5-c4ccccc4)c3)cc2)cc1. The third-order valence-electron chi connectivity index (χ3n) is 16.2. The second kappa shape index (κ2) is 19.2. The first kappa shape index (κ1) is 46.6. The van der Waals surface area contributed by atoms with Crippen molar-refractivity contribution in [1.82, 2.24) is 9.13 Å². The van der Waals surface area contributed by atoms with Gasteiger partial charge in [-0.05, 0) is 161 Å². The van der Waals surface area contributed by atoms with Crippen molar-refractivity contribution in [2.75, 3.05) is 9.80 Å². The molecule has 0 saturated heterocycles. The van der Waals surface area contributed by atoms with Crippen molar-refractivity contribution in [3.8, 4) is 33.6 Å². The Morgan fingerprint density at radius 1 is 0.235 bits per heavy atom. The molecule has 0 amide bonds. The molecule has 13 aromatic carbocycles. The van der Waals surface area contributed by atoms with Gasteiger partial charge in [0.15, 0.2) is 0 Å². The number of thiophene rings is 1. The van der Waals surface area contributed by atoms with E-state index in [9.17, 15) is 0 Å². The summed E-state index contributed by atoms with van der Waals surface area (Å²) in [6, 6.07) is 111. The number of para-hydroxylation sites is 5. The summed E-state index contributed by atoms with van der Waals surface area (Å²) in [4.78, 5) is 4.84. The lowest BCUT2D eigenvalue weighted by Crippen LogP contribution is -2.13. The molecule has 0 saturated carbocycles. The Hall–Kier alpha value is -10.5. The Kier molecular flexibility index (Phi) is 11.0. The summed E-state index contributed by atoms with van der Waals surface area (Å²) in [5, 5.41) is 9.96. The van der Waals surface area contributed by atoms with Gasteiger partial charge < -0.3 is 18.9 Å². The molecule has 5 heteroatoms. The molecule has 16 rings (SSSR count). The lowest BCUT2D eigenvalue weighted by Gasteiger charge is -2.30. The van der Waals surface area contributed by atoms with Crippen molar-refractivity contribution >= 4 is 120 Å². The molecule has 3 aromatic heterocycles. The molecule has 0 aliphatic carbocycles. The standard InChI is InChI=1S/C76H50N4S/c1-6-20-51(21-7-1)52-34-38-60(39-35-52)77(56-22-8-2-9-23-56)62-44-55(45-63(48-62)78(57-24-10-3-11-25-57)61-40-43-73-70(49-61)64-30-16-18-32-71(64)79(73)58-26-12-4-13-27-58)53-37-42-72-68(46-53)69-47-54-36-41-66-65-31-17-19-33-75(65)81-76(66)67(54)50-74(69)80(72)59-28-14-5-15-29-59/h1-50H. The first-order valence-electron chi connectivity index (χ1n) is 27.6. The van der Waals surface area contributed by atoms with Crippen LogP contribution in [-0.4, -0.2) is 9.13 Å². The van der Waals surface area contributed by atoms with Crippen molar-refractivity contribution in [3.05, 3.63) is 303 Å². The second-order valence-electron chi connectivity index (χ2n) is 20.9. The average molecular weight is 1050 g/mol. The summed E-state index contributed by atoms with van der Waals surface area (Å²) >= 11 is 1.89. The molecule has 3 heterocycles. The maximum Gasteiger partial charge on any atom is 0.0547 e. The Morgan fingerprint density at radius 2 is 0.716 bits per heavy atom. The predicted octanol–water partition coefficient (Wildman–Crippen LogP) is 21.7. The van der Waals surface area contributed by atoms with Crippen LogP contribution in [0.25, 0.3) is 108 Å². The van der Waals surface area contributed by atoms with E-state index in [2.05, 4.69) is 322 Å². The van der Waals surface area contributed by atoms with Crippen LogP contribution in [0.1, 0.15) is 0 Å². The Bertz CT molecular complexity index is 5030. The summed E-state index contributed by atoms with van der Waals surface area (Å²) in [5.74, 6) is 0. The maximum atomic E-state index is 2.46. The van der Waals surface area contributed by atoms with Gasteiger partial charge in [-0.15, -0.1) is 11.3 Å². The van der Waals surface area contributed by atoms with Crippen LogP contribution in [0.2, 0.25) is 0 Å². The Morgan fingerprint density at radius 3 is 1.40 bits per heavy atom. The first-order chi connectivity index (χ1) is 40.2. The number of rotatable bonds is 10. The van der Waals surface area contributed by atoms with Gasteiger partial charge in [0.1, 0.15) is 0 Å². The topological polar surface area (TPSA) is 16.3 Å². The number of aromatic nitrogens is 2. The highest BCUT2D eigenvalue weighted by Crippen LogP contribution is 2.47. The van der Waals surface area contributed by atoms with Crippen LogP contribution in [0.15, 0.2) is 303 Å². The van der Waals surface area contributed by atoms with Crippen LogP contribution in [0.5, 0.6) is 0 Å². The quantitative estimate of drug-likeness (QED) is 0.136. The van der Waals surface area contributed by atoms with Crippen molar-refractivity contribution in [2.24, 2.45) is 0 Å². The summed E-state index contributed by atoms with van der Waals surface area (Å²) in [6.45, 7) is 0. The van der Waals surface area contributed by atoms with Gasteiger partial charge in [0.25, 0.3) is 0 Å². The molecule has 0 fully saturated rings. The highest BCUT2D eigenvalue weighted by Gasteiger charge is 2.23. The molecule has 0 spiro atoms. The first-order valence-corrected chi connectivity index (χ1v) is 28.5. The third kappa shape index (κ3) is 7.89. The molecular formula is C76H50N4S. The molecule has 16 aromatic rings. The highest BCUT2D eigenvalue weighted by molar-refractivity contribution is 7.26. The minimum Gasteiger partial charge on any atom is -0.310 e. The molecule has 0 N–H and O–H groups in total. The maximum absolute atomic E-state index is 2.46. The minimum atomic E-state index is 1.03. The van der Waals surface area contributed by atoms with E-state index in [0.29, 0.717) is 0 Å². The molecule has 4 nitrogen and oxygen atoms in total.